The van der Waals surface area contributed by atoms with Gasteiger partial charge in [0.25, 0.3) is 0 Å². The van der Waals surface area contributed by atoms with Crippen molar-refractivity contribution in [3.8, 4) is 0 Å². The highest BCUT2D eigenvalue weighted by molar-refractivity contribution is 7.82. The smallest absolute Gasteiger partial charge is 0.332 e. The topological polar surface area (TPSA) is 51.7 Å². The van der Waals surface area contributed by atoms with Gasteiger partial charge in [-0.3, -0.25) is 0 Å². The van der Waals surface area contributed by atoms with Gasteiger partial charge in [0.1, 0.15) is 5.82 Å². The van der Waals surface area contributed by atoms with E-state index in [0.717, 1.165) is 65.6 Å². The molecule has 0 saturated carbocycles. The van der Waals surface area contributed by atoms with Gasteiger partial charge in [-0.2, -0.15) is 0 Å². The highest BCUT2D eigenvalue weighted by Crippen LogP contribution is 2.28. The zero-order valence-electron chi connectivity index (χ0n) is 17.3. The number of thiophene rings is 1. The van der Waals surface area contributed by atoms with Crippen molar-refractivity contribution < 1.29 is 4.79 Å². The van der Waals surface area contributed by atoms with Crippen molar-refractivity contribution in [2.24, 2.45) is 0 Å². The Labute approximate surface area is 187 Å². The molecule has 0 aliphatic carbocycles. The number of aromatic nitrogens is 1. The van der Waals surface area contributed by atoms with E-state index in [2.05, 4.69) is 47.8 Å². The molecule has 158 valence electrons. The molecule has 1 saturated heterocycles. The van der Waals surface area contributed by atoms with Crippen molar-refractivity contribution in [3.63, 3.8) is 0 Å². The maximum absolute atomic E-state index is 12.5. The predicted octanol–water partition coefficient (Wildman–Crippen LogP) is 4.31. The van der Waals surface area contributed by atoms with Gasteiger partial charge in [0.05, 0.1) is 17.7 Å². The average Bonchev–Trinajstić information content (AvgIpc) is 3.30. The summed E-state index contributed by atoms with van der Waals surface area (Å²) < 4.78 is 1.35. The summed E-state index contributed by atoms with van der Waals surface area (Å²) in [6, 6.07) is 11.7. The number of nitrogens with zero attached hydrogens (tertiary/aromatic N) is 4. The number of fused-ring (bicyclic) bond motifs is 1. The number of carbonyl (C=O) groups excluding carboxylic acids is 1. The van der Waals surface area contributed by atoms with Gasteiger partial charge >= 0.3 is 6.03 Å². The number of hydrogen-bond donors (Lipinski definition) is 2. The highest BCUT2D eigenvalue weighted by Gasteiger charge is 2.18. The van der Waals surface area contributed by atoms with Crippen LogP contribution in [0, 0.1) is 6.92 Å². The maximum atomic E-state index is 12.5. The summed E-state index contributed by atoms with van der Waals surface area (Å²) in [4.78, 5) is 23.3. The molecule has 0 radical (unpaired) electrons. The SMILES string of the molecule is CCN1CCN(c2cc(C)c3cc(N(S)C(=O)NCc4cccs4)ccc3n2)CC1. The number of pyridine rings is 1. The summed E-state index contributed by atoms with van der Waals surface area (Å²) in [7, 11) is 0. The van der Waals surface area contributed by atoms with E-state index in [1.54, 1.807) is 11.3 Å². The van der Waals surface area contributed by atoms with E-state index in [0.29, 0.717) is 6.54 Å². The third-order valence-corrected chi connectivity index (χ3v) is 6.85. The van der Waals surface area contributed by atoms with Crippen molar-refractivity contribution in [1.29, 1.82) is 0 Å². The van der Waals surface area contributed by atoms with Crippen LogP contribution < -0.4 is 14.5 Å². The number of amides is 2. The number of likely N-dealkylation sites (N-methyl/N-ethyl adjacent to an activating group) is 1. The molecule has 2 aromatic heterocycles. The minimum Gasteiger partial charge on any atom is -0.354 e. The first kappa shape index (κ1) is 21.0. The molecule has 1 aliphatic rings. The molecule has 3 heterocycles. The van der Waals surface area contributed by atoms with Crippen LogP contribution in [0.2, 0.25) is 0 Å². The van der Waals surface area contributed by atoms with Gasteiger partial charge in [-0.05, 0) is 54.7 Å². The Morgan fingerprint density at radius 3 is 2.73 bits per heavy atom. The fourth-order valence-corrected chi connectivity index (χ4v) is 4.56. The normalized spacial score (nSPS) is 14.8. The Morgan fingerprint density at radius 1 is 1.23 bits per heavy atom. The van der Waals surface area contributed by atoms with Gasteiger partial charge in [0, 0.05) is 36.4 Å². The lowest BCUT2D eigenvalue weighted by Gasteiger charge is -2.35. The van der Waals surface area contributed by atoms with E-state index >= 15 is 0 Å². The first-order valence-electron chi connectivity index (χ1n) is 10.2. The Balaban J connectivity index is 1.50. The molecule has 3 aromatic rings. The van der Waals surface area contributed by atoms with Crippen molar-refractivity contribution in [2.75, 3.05) is 41.9 Å². The second-order valence-corrected chi connectivity index (χ2v) is 8.90. The minimum atomic E-state index is -0.248. The fourth-order valence-electron chi connectivity index (χ4n) is 3.72. The predicted molar refractivity (Wildman–Crippen MR) is 129 cm³/mol. The first-order chi connectivity index (χ1) is 14.5. The lowest BCUT2D eigenvalue weighted by atomic mass is 10.1. The number of piperazine rings is 1. The van der Waals surface area contributed by atoms with Crippen LogP contribution in [-0.2, 0) is 6.54 Å². The monoisotopic (exact) mass is 441 g/mol. The first-order valence-corrected chi connectivity index (χ1v) is 11.5. The molecule has 1 aromatic carbocycles. The lowest BCUT2D eigenvalue weighted by molar-refractivity contribution is 0.249. The molecule has 1 fully saturated rings. The fraction of sp³-hybridized carbons (Fsp3) is 0.364. The molecule has 6 nitrogen and oxygen atoms in total. The lowest BCUT2D eigenvalue weighted by Crippen LogP contribution is -2.46. The van der Waals surface area contributed by atoms with Crippen LogP contribution in [0.3, 0.4) is 0 Å². The van der Waals surface area contributed by atoms with Crippen LogP contribution >= 0.6 is 24.2 Å². The molecular weight excluding hydrogens is 414 g/mol. The minimum absolute atomic E-state index is 0.248. The molecular formula is C22H27N5OS2. The number of aryl methyl sites for hydroxylation is 1. The molecule has 2 amide bonds. The van der Waals surface area contributed by atoms with Crippen molar-refractivity contribution in [3.05, 3.63) is 52.2 Å². The summed E-state index contributed by atoms with van der Waals surface area (Å²) >= 11 is 6.04. The van der Waals surface area contributed by atoms with E-state index in [4.69, 9.17) is 4.98 Å². The zero-order valence-corrected chi connectivity index (χ0v) is 19.0. The summed E-state index contributed by atoms with van der Waals surface area (Å²) in [5.74, 6) is 1.03. The Bertz CT molecular complexity index is 1020. The summed E-state index contributed by atoms with van der Waals surface area (Å²) in [6.07, 6.45) is 0. The van der Waals surface area contributed by atoms with Crippen LogP contribution in [0.1, 0.15) is 17.4 Å². The molecule has 4 rings (SSSR count). The molecule has 1 aliphatic heterocycles. The highest BCUT2D eigenvalue weighted by atomic mass is 32.1. The summed E-state index contributed by atoms with van der Waals surface area (Å²) in [5.41, 5.74) is 2.81. The Kier molecular flexibility index (Phi) is 6.46. The molecule has 0 atom stereocenters. The van der Waals surface area contributed by atoms with Crippen LogP contribution in [0.4, 0.5) is 16.3 Å². The Hall–Kier alpha value is -2.29. The quantitative estimate of drug-likeness (QED) is 0.580. The molecule has 0 unspecified atom stereocenters. The second-order valence-electron chi connectivity index (χ2n) is 7.47. The summed E-state index contributed by atoms with van der Waals surface area (Å²) in [5, 5.41) is 5.93. The van der Waals surface area contributed by atoms with E-state index in [9.17, 15) is 4.79 Å². The molecule has 1 N–H and O–H groups in total. The van der Waals surface area contributed by atoms with Gasteiger partial charge in [0.2, 0.25) is 0 Å². The number of anilines is 2. The second kappa shape index (κ2) is 9.24. The van der Waals surface area contributed by atoms with Crippen molar-refractivity contribution in [1.82, 2.24) is 15.2 Å². The summed E-state index contributed by atoms with van der Waals surface area (Å²) in [6.45, 7) is 10.0. The van der Waals surface area contributed by atoms with Crippen LogP contribution in [0.15, 0.2) is 41.8 Å². The largest absolute Gasteiger partial charge is 0.354 e. The van der Waals surface area contributed by atoms with E-state index in [1.807, 2.05) is 35.7 Å². The van der Waals surface area contributed by atoms with E-state index in [-0.39, 0.29) is 6.03 Å². The van der Waals surface area contributed by atoms with Gasteiger partial charge in [0.15, 0.2) is 0 Å². The van der Waals surface area contributed by atoms with Gasteiger partial charge in [-0.25, -0.2) is 14.1 Å². The third kappa shape index (κ3) is 4.55. The number of carbonyl (C=O) groups is 1. The van der Waals surface area contributed by atoms with Crippen molar-refractivity contribution >= 4 is 52.6 Å². The molecule has 30 heavy (non-hydrogen) atoms. The molecule has 0 spiro atoms. The van der Waals surface area contributed by atoms with Crippen LogP contribution in [0.5, 0.6) is 0 Å². The zero-order chi connectivity index (χ0) is 21.1. The van der Waals surface area contributed by atoms with E-state index < -0.39 is 0 Å². The molecule has 0 bridgehead atoms. The number of rotatable bonds is 5. The van der Waals surface area contributed by atoms with E-state index in [1.165, 1.54) is 4.31 Å². The standard InChI is InChI=1S/C22H27N5OS2/c1-3-25-8-10-26(11-9-25)21-13-16(2)19-14-17(6-7-20(19)24-21)27(29)22(28)23-15-18-5-4-12-30-18/h4-7,12-14,29H,3,8-11,15H2,1-2H3,(H,23,28). The van der Waals surface area contributed by atoms with Gasteiger partial charge in [-0.1, -0.05) is 25.8 Å². The van der Waals surface area contributed by atoms with Gasteiger partial charge in [-0.15, -0.1) is 11.3 Å². The van der Waals surface area contributed by atoms with Crippen LogP contribution in [0.25, 0.3) is 10.9 Å². The number of hydrogen-bond acceptors (Lipinski definition) is 6. The van der Waals surface area contributed by atoms with Gasteiger partial charge < -0.3 is 15.1 Å². The molecule has 8 heteroatoms. The Morgan fingerprint density at radius 2 is 2.03 bits per heavy atom. The maximum Gasteiger partial charge on any atom is 0.332 e. The average molecular weight is 442 g/mol. The third-order valence-electron chi connectivity index (χ3n) is 5.56. The van der Waals surface area contributed by atoms with Crippen molar-refractivity contribution in [2.45, 2.75) is 20.4 Å². The number of thiol groups is 1. The number of urea groups is 1. The number of nitrogens with one attached hydrogen (secondary N) is 1. The van der Waals surface area contributed by atoms with Crippen LogP contribution in [-0.4, -0.2) is 48.6 Å². The number of benzene rings is 1.